The number of aryl methyl sites for hydroxylation is 1. The maximum Gasteiger partial charge on any atom is 0.267 e. The van der Waals surface area contributed by atoms with Gasteiger partial charge in [0.25, 0.3) is 5.91 Å². The maximum absolute atomic E-state index is 13.0. The van der Waals surface area contributed by atoms with Crippen molar-refractivity contribution in [3.05, 3.63) is 72.3 Å². The van der Waals surface area contributed by atoms with Crippen molar-refractivity contribution < 1.29 is 9.53 Å². The fourth-order valence-electron chi connectivity index (χ4n) is 3.52. The Hall–Kier alpha value is -2.81. The minimum absolute atomic E-state index is 0.0140. The van der Waals surface area contributed by atoms with Gasteiger partial charge in [0.15, 0.2) is 6.10 Å². The van der Waals surface area contributed by atoms with E-state index < -0.39 is 6.10 Å². The van der Waals surface area contributed by atoms with E-state index in [0.717, 1.165) is 41.6 Å². The van der Waals surface area contributed by atoms with Crippen LogP contribution in [0.25, 0.3) is 10.8 Å². The molecule has 1 amide bonds. The van der Waals surface area contributed by atoms with Crippen LogP contribution in [-0.4, -0.2) is 18.6 Å². The summed E-state index contributed by atoms with van der Waals surface area (Å²) >= 11 is 0. The standard InChI is InChI=1S/C22H21NO2/c1-16(25-21-14-6-10-17-8-2-4-12-19(17)21)22(24)23-15-7-11-18-9-3-5-13-20(18)23/h2-6,8-10,12-14,16H,7,11,15H2,1H3/t16-/m0/s1. The van der Waals surface area contributed by atoms with Gasteiger partial charge in [0.05, 0.1) is 0 Å². The van der Waals surface area contributed by atoms with Crippen LogP contribution in [0.2, 0.25) is 0 Å². The topological polar surface area (TPSA) is 29.5 Å². The zero-order valence-electron chi connectivity index (χ0n) is 14.3. The van der Waals surface area contributed by atoms with Gasteiger partial charge in [-0.1, -0.05) is 54.6 Å². The predicted molar refractivity (Wildman–Crippen MR) is 101 cm³/mol. The number of rotatable bonds is 3. The zero-order chi connectivity index (χ0) is 17.2. The smallest absolute Gasteiger partial charge is 0.267 e. The summed E-state index contributed by atoms with van der Waals surface area (Å²) in [5, 5.41) is 2.15. The molecular formula is C22H21NO2. The molecule has 1 heterocycles. The molecule has 1 aliphatic heterocycles. The Balaban J connectivity index is 1.59. The number of ether oxygens (including phenoxy) is 1. The van der Waals surface area contributed by atoms with E-state index >= 15 is 0 Å². The molecule has 0 bridgehead atoms. The van der Waals surface area contributed by atoms with E-state index in [9.17, 15) is 4.79 Å². The van der Waals surface area contributed by atoms with Crippen LogP contribution in [0.3, 0.4) is 0 Å². The number of anilines is 1. The molecule has 3 heteroatoms. The van der Waals surface area contributed by atoms with Crippen LogP contribution < -0.4 is 9.64 Å². The Morgan fingerprint density at radius 1 is 1.00 bits per heavy atom. The van der Waals surface area contributed by atoms with Gasteiger partial charge in [0.1, 0.15) is 5.75 Å². The van der Waals surface area contributed by atoms with Crippen molar-refractivity contribution >= 4 is 22.4 Å². The van der Waals surface area contributed by atoms with E-state index in [2.05, 4.69) is 18.2 Å². The molecular weight excluding hydrogens is 310 g/mol. The molecule has 0 fully saturated rings. The van der Waals surface area contributed by atoms with Crippen molar-refractivity contribution in [2.45, 2.75) is 25.9 Å². The number of hydrogen-bond acceptors (Lipinski definition) is 2. The fourth-order valence-corrected chi connectivity index (χ4v) is 3.52. The largest absolute Gasteiger partial charge is 0.480 e. The first kappa shape index (κ1) is 15.7. The molecule has 0 N–H and O–H groups in total. The normalized spacial score (nSPS) is 14.8. The van der Waals surface area contributed by atoms with Gasteiger partial charge in [-0.25, -0.2) is 0 Å². The lowest BCUT2D eigenvalue weighted by Gasteiger charge is -2.31. The summed E-state index contributed by atoms with van der Waals surface area (Å²) in [6, 6.07) is 22.2. The minimum atomic E-state index is -0.531. The van der Waals surface area contributed by atoms with E-state index in [4.69, 9.17) is 4.74 Å². The third-order valence-electron chi connectivity index (χ3n) is 4.78. The average Bonchev–Trinajstić information content (AvgIpc) is 2.67. The number of benzene rings is 3. The maximum atomic E-state index is 13.0. The molecule has 0 aliphatic carbocycles. The molecule has 3 aromatic carbocycles. The monoisotopic (exact) mass is 331 g/mol. The molecule has 3 nitrogen and oxygen atoms in total. The lowest BCUT2D eigenvalue weighted by atomic mass is 10.0. The van der Waals surface area contributed by atoms with E-state index in [1.807, 2.05) is 60.4 Å². The van der Waals surface area contributed by atoms with Gasteiger partial charge in [0, 0.05) is 17.6 Å². The highest BCUT2D eigenvalue weighted by Gasteiger charge is 2.27. The first-order chi connectivity index (χ1) is 12.2. The average molecular weight is 331 g/mol. The number of para-hydroxylation sites is 1. The van der Waals surface area contributed by atoms with Gasteiger partial charge < -0.3 is 9.64 Å². The summed E-state index contributed by atoms with van der Waals surface area (Å²) in [4.78, 5) is 14.9. The third-order valence-corrected chi connectivity index (χ3v) is 4.78. The van der Waals surface area contributed by atoms with Crippen LogP contribution in [0.5, 0.6) is 5.75 Å². The van der Waals surface area contributed by atoms with Crippen LogP contribution in [0, 0.1) is 0 Å². The fraction of sp³-hybridized carbons (Fsp3) is 0.227. The van der Waals surface area contributed by atoms with Gasteiger partial charge in [-0.15, -0.1) is 0 Å². The van der Waals surface area contributed by atoms with Crippen molar-refractivity contribution in [2.75, 3.05) is 11.4 Å². The molecule has 1 aliphatic rings. The molecule has 4 rings (SSSR count). The minimum Gasteiger partial charge on any atom is -0.480 e. The summed E-state index contributed by atoms with van der Waals surface area (Å²) < 4.78 is 6.07. The summed E-state index contributed by atoms with van der Waals surface area (Å²) in [5.74, 6) is 0.768. The zero-order valence-corrected chi connectivity index (χ0v) is 14.3. The molecule has 1 atom stereocenters. The van der Waals surface area contributed by atoms with E-state index in [0.29, 0.717) is 0 Å². The van der Waals surface area contributed by atoms with E-state index in [1.165, 1.54) is 5.56 Å². The number of hydrogen-bond donors (Lipinski definition) is 0. The van der Waals surface area contributed by atoms with Gasteiger partial charge >= 0.3 is 0 Å². The molecule has 0 saturated carbocycles. The van der Waals surface area contributed by atoms with Crippen molar-refractivity contribution in [3.8, 4) is 5.75 Å². The van der Waals surface area contributed by atoms with Crippen molar-refractivity contribution in [1.82, 2.24) is 0 Å². The molecule has 0 unspecified atom stereocenters. The Kier molecular flexibility index (Phi) is 4.14. The van der Waals surface area contributed by atoms with Crippen molar-refractivity contribution in [2.24, 2.45) is 0 Å². The van der Waals surface area contributed by atoms with Crippen molar-refractivity contribution in [1.29, 1.82) is 0 Å². The highest BCUT2D eigenvalue weighted by molar-refractivity contribution is 5.98. The second-order valence-corrected chi connectivity index (χ2v) is 6.46. The first-order valence-corrected chi connectivity index (χ1v) is 8.78. The number of nitrogens with zero attached hydrogens (tertiary/aromatic N) is 1. The quantitative estimate of drug-likeness (QED) is 0.703. The van der Waals surface area contributed by atoms with Gasteiger partial charge in [-0.05, 0) is 42.8 Å². The predicted octanol–water partition coefficient (Wildman–Crippen LogP) is 4.59. The number of fused-ring (bicyclic) bond motifs is 2. The summed E-state index contributed by atoms with van der Waals surface area (Å²) in [7, 11) is 0. The summed E-state index contributed by atoms with van der Waals surface area (Å²) in [5.41, 5.74) is 2.26. The Morgan fingerprint density at radius 3 is 2.68 bits per heavy atom. The number of carbonyl (C=O) groups excluding carboxylic acids is 1. The van der Waals surface area contributed by atoms with Crippen LogP contribution >= 0.6 is 0 Å². The molecule has 25 heavy (non-hydrogen) atoms. The molecule has 0 aromatic heterocycles. The molecule has 126 valence electrons. The Bertz CT molecular complexity index is 913. The number of carbonyl (C=O) groups is 1. The van der Waals surface area contributed by atoms with Gasteiger partial charge in [-0.2, -0.15) is 0 Å². The highest BCUT2D eigenvalue weighted by Crippen LogP contribution is 2.29. The SMILES string of the molecule is C[C@H](Oc1cccc2ccccc12)C(=O)N1CCCc2ccccc21. The molecule has 0 radical (unpaired) electrons. The first-order valence-electron chi connectivity index (χ1n) is 8.78. The second-order valence-electron chi connectivity index (χ2n) is 6.46. The lowest BCUT2D eigenvalue weighted by Crippen LogP contribution is -2.43. The lowest BCUT2D eigenvalue weighted by molar-refractivity contribution is -0.124. The van der Waals surface area contributed by atoms with E-state index in [1.54, 1.807) is 0 Å². The van der Waals surface area contributed by atoms with Crippen molar-refractivity contribution in [3.63, 3.8) is 0 Å². The second kappa shape index (κ2) is 6.60. The Morgan fingerprint density at radius 2 is 1.76 bits per heavy atom. The Labute approximate surface area is 147 Å². The third kappa shape index (κ3) is 2.98. The molecule has 3 aromatic rings. The van der Waals surface area contributed by atoms with Crippen LogP contribution in [0.4, 0.5) is 5.69 Å². The van der Waals surface area contributed by atoms with Gasteiger partial charge in [0.2, 0.25) is 0 Å². The highest BCUT2D eigenvalue weighted by atomic mass is 16.5. The molecule has 0 saturated heterocycles. The van der Waals surface area contributed by atoms with Crippen LogP contribution in [0.15, 0.2) is 66.7 Å². The van der Waals surface area contributed by atoms with Crippen LogP contribution in [0.1, 0.15) is 18.9 Å². The van der Waals surface area contributed by atoms with Crippen LogP contribution in [-0.2, 0) is 11.2 Å². The number of amides is 1. The summed E-state index contributed by atoms with van der Waals surface area (Å²) in [6.45, 7) is 2.58. The molecule has 0 spiro atoms. The van der Waals surface area contributed by atoms with E-state index in [-0.39, 0.29) is 5.91 Å². The summed E-state index contributed by atoms with van der Waals surface area (Å²) in [6.07, 6.45) is 1.49. The van der Waals surface area contributed by atoms with Gasteiger partial charge in [-0.3, -0.25) is 4.79 Å².